The summed E-state index contributed by atoms with van der Waals surface area (Å²) in [4.78, 5) is 179. The maximum Gasteiger partial charge on any atom is 0.245 e. The van der Waals surface area contributed by atoms with Crippen LogP contribution in [0.2, 0.25) is 0 Å². The minimum absolute atomic E-state index is 0.0277. The monoisotopic (exact) mass is 1340 g/mol. The van der Waals surface area contributed by atoms with Gasteiger partial charge >= 0.3 is 0 Å². The molecule has 1 fully saturated rings. The zero-order valence-corrected chi connectivity index (χ0v) is 55.4. The number of rotatable bonds is 39. The highest BCUT2D eigenvalue weighted by Crippen LogP contribution is 2.21. The van der Waals surface area contributed by atoms with E-state index < -0.39 is 157 Å². The van der Waals surface area contributed by atoms with E-state index in [2.05, 4.69) is 47.9 Å². The van der Waals surface area contributed by atoms with Gasteiger partial charge in [-0.3, -0.25) is 62.3 Å². The van der Waals surface area contributed by atoms with Gasteiger partial charge in [0.25, 0.3) is 0 Å². The van der Waals surface area contributed by atoms with Crippen molar-refractivity contribution in [1.29, 1.82) is 0 Å². The molecule has 0 saturated carbocycles. The molecular formula is C65H94N14O15S. The number of thioether (sulfide) groups is 1. The highest BCUT2D eigenvalue weighted by atomic mass is 32.2. The van der Waals surface area contributed by atoms with Crippen molar-refractivity contribution in [1.82, 2.24) is 52.8 Å². The lowest BCUT2D eigenvalue weighted by molar-refractivity contribution is -0.141. The summed E-state index contributed by atoms with van der Waals surface area (Å²) in [5, 5.41) is 43.8. The average Bonchev–Trinajstić information content (AvgIpc) is 1.85. The minimum atomic E-state index is -1.94. The number of likely N-dealkylation sites (tertiary alicyclic amines) is 1. The fraction of sp³-hybridized carbons (Fsp3) is 0.523. The molecule has 1 aliphatic heterocycles. The Balaban J connectivity index is 1.58. The van der Waals surface area contributed by atoms with Gasteiger partial charge in [-0.15, -0.1) is 0 Å². The molecule has 3 aromatic carbocycles. The number of nitrogens with two attached hydrogens (primary N) is 4. The van der Waals surface area contributed by atoms with E-state index in [0.717, 1.165) is 24.2 Å². The number of hydrogen-bond acceptors (Lipinski definition) is 18. The summed E-state index contributed by atoms with van der Waals surface area (Å²) in [6.07, 6.45) is -2.75. The zero-order chi connectivity index (χ0) is 70.5. The van der Waals surface area contributed by atoms with Crippen LogP contribution < -0.4 is 70.8 Å². The van der Waals surface area contributed by atoms with E-state index in [1.807, 2.05) is 44.2 Å². The molecule has 1 heterocycles. The van der Waals surface area contributed by atoms with Gasteiger partial charge in [-0.05, 0) is 99.1 Å². The van der Waals surface area contributed by atoms with Gasteiger partial charge in [0.1, 0.15) is 54.1 Å². The normalized spacial score (nSPS) is 15.9. The van der Waals surface area contributed by atoms with Gasteiger partial charge < -0.3 is 85.9 Å². The van der Waals surface area contributed by atoms with E-state index in [9.17, 15) is 72.5 Å². The molecule has 11 atom stereocenters. The Morgan fingerprint density at radius 3 is 1.60 bits per heavy atom. The summed E-state index contributed by atoms with van der Waals surface area (Å²) in [5.41, 5.74) is 25.0. The van der Waals surface area contributed by atoms with Gasteiger partial charge in [-0.25, -0.2) is 0 Å². The van der Waals surface area contributed by atoms with Gasteiger partial charge in [0.2, 0.25) is 76.0 Å². The second kappa shape index (κ2) is 39.6. The lowest BCUT2D eigenvalue weighted by Crippen LogP contribution is -2.62. The van der Waals surface area contributed by atoms with Crippen LogP contribution in [0.1, 0.15) is 110 Å². The molecule has 0 bridgehead atoms. The summed E-state index contributed by atoms with van der Waals surface area (Å²) in [5.74, 6) is -11.3. The third-order valence-corrected chi connectivity index (χ3v) is 16.4. The molecule has 3 aromatic rings. The summed E-state index contributed by atoms with van der Waals surface area (Å²) in [6, 6.07) is 8.81. The second-order valence-corrected chi connectivity index (χ2v) is 25.4. The molecular weight excluding hydrogens is 1250 g/mol. The molecule has 520 valence electrons. The van der Waals surface area contributed by atoms with Crippen molar-refractivity contribution in [3.63, 3.8) is 0 Å². The van der Waals surface area contributed by atoms with Crippen molar-refractivity contribution in [2.24, 2.45) is 34.8 Å². The number of phenols is 1. The van der Waals surface area contributed by atoms with E-state index in [1.165, 1.54) is 36.1 Å². The van der Waals surface area contributed by atoms with Crippen molar-refractivity contribution in [2.75, 3.05) is 25.4 Å². The van der Waals surface area contributed by atoms with Crippen LogP contribution in [-0.4, -0.2) is 183 Å². The van der Waals surface area contributed by atoms with Gasteiger partial charge in [0.05, 0.1) is 24.6 Å². The third kappa shape index (κ3) is 27.1. The summed E-state index contributed by atoms with van der Waals surface area (Å²) in [7, 11) is 0. The van der Waals surface area contributed by atoms with Crippen LogP contribution in [0.4, 0.5) is 0 Å². The first-order valence-corrected chi connectivity index (χ1v) is 32.7. The van der Waals surface area contributed by atoms with Gasteiger partial charge in [0, 0.05) is 45.0 Å². The number of carbonyl (C=O) groups excluding carboxylic acids is 13. The molecule has 0 spiro atoms. The fourth-order valence-electron chi connectivity index (χ4n) is 10.4. The largest absolute Gasteiger partial charge is 0.508 e. The number of phenolic OH excluding ortho intramolecular Hbond substituents is 1. The SMILES string of the molecule is CC(=O)NCCSC(=O)[C@H](CC(C)C)NC(=O)[C@H](CCCN)NC(=O)[C@@H](NC(=O)[C@H](Cc1ccc(O)cc1)NC(=O)[C@H](CCC(N)=O)NC(=O)[C@H](CC(N)=O)NC(=O)[C@@H](NC(=O)[C@H](Cc1ccccc1)NC(=O)[C@@H]1CCCN1C(=O)[C@H](N)Cc1ccccc1)[C@@H](C)O)C(C)C. The van der Waals surface area contributed by atoms with E-state index >= 15 is 0 Å². The minimum Gasteiger partial charge on any atom is -0.508 e. The molecule has 1 aliphatic rings. The van der Waals surface area contributed by atoms with Crippen molar-refractivity contribution < 1.29 is 72.5 Å². The van der Waals surface area contributed by atoms with Crippen LogP contribution in [0, 0.1) is 11.8 Å². The molecule has 0 unspecified atom stereocenters. The van der Waals surface area contributed by atoms with Crippen LogP contribution >= 0.6 is 11.8 Å². The maximum absolute atomic E-state index is 14.6. The Morgan fingerprint density at radius 1 is 0.579 bits per heavy atom. The van der Waals surface area contributed by atoms with E-state index in [4.69, 9.17) is 22.9 Å². The van der Waals surface area contributed by atoms with Gasteiger partial charge in [-0.1, -0.05) is 112 Å². The quantitative estimate of drug-likeness (QED) is 0.0274. The number of benzene rings is 3. The van der Waals surface area contributed by atoms with Gasteiger partial charge in [-0.2, -0.15) is 0 Å². The molecule has 0 radical (unpaired) electrons. The Labute approximate surface area is 557 Å². The molecule has 0 aromatic heterocycles. The predicted octanol–water partition coefficient (Wildman–Crippen LogP) is -2.02. The summed E-state index contributed by atoms with van der Waals surface area (Å²) >= 11 is 0.924. The van der Waals surface area contributed by atoms with Gasteiger partial charge in [0.15, 0.2) is 0 Å². The lowest BCUT2D eigenvalue weighted by atomic mass is 9.99. The van der Waals surface area contributed by atoms with Crippen LogP contribution in [0.5, 0.6) is 5.75 Å². The van der Waals surface area contributed by atoms with Crippen LogP contribution in [0.15, 0.2) is 84.9 Å². The van der Waals surface area contributed by atoms with Crippen molar-refractivity contribution in [2.45, 2.75) is 179 Å². The number of aromatic hydroxyl groups is 1. The molecule has 19 N–H and O–H groups in total. The number of nitrogens with zero attached hydrogens (tertiary/aromatic N) is 1. The number of primary amides is 2. The van der Waals surface area contributed by atoms with Crippen molar-refractivity contribution in [3.8, 4) is 5.75 Å². The van der Waals surface area contributed by atoms with Crippen molar-refractivity contribution >= 4 is 87.8 Å². The standard InChI is InChI=1S/C65H94N14O15S/c1-36(2)31-50(65(94)95-30-28-70-39(6)81)76-56(85)45(19-13-27-66)72-62(91)54(37(3)4)77-59(88)47(34-42-21-23-43(82)24-22-42)73-57(86)46(25-26-52(68)83)71-58(87)49(35-53(69)84)75-63(92)55(38(5)80)78-60(89)48(33-41-17-11-8-12-18-41)74-61(90)51-20-14-29-79(51)64(93)44(67)32-40-15-9-7-10-16-40/h7-12,15-18,21-24,36-38,44-51,54-55,80,82H,13-14,19-20,25-35,66-67H2,1-6H3,(H2,68,83)(H2,69,84)(H,70,81)(H,71,87)(H,72,91)(H,73,86)(H,74,90)(H,75,92)(H,76,85)(H,77,88)(H,78,89)/t38-,44-,45+,46+,47+,48+,49+,50+,51+,54+,55+/m1/s1. The predicted molar refractivity (Wildman–Crippen MR) is 353 cm³/mol. The van der Waals surface area contributed by atoms with Crippen LogP contribution in [0.3, 0.4) is 0 Å². The van der Waals surface area contributed by atoms with Crippen LogP contribution in [-0.2, 0) is 81.6 Å². The number of aliphatic hydroxyl groups is 1. The Morgan fingerprint density at radius 2 is 1.06 bits per heavy atom. The number of amides is 12. The zero-order valence-electron chi connectivity index (χ0n) is 54.6. The second-order valence-electron chi connectivity index (χ2n) is 24.3. The topological polar surface area (TPSA) is 478 Å². The van der Waals surface area contributed by atoms with Crippen molar-refractivity contribution in [3.05, 3.63) is 102 Å². The smallest absolute Gasteiger partial charge is 0.245 e. The number of nitrogens with one attached hydrogen (secondary N) is 9. The average molecular weight is 1340 g/mol. The first-order chi connectivity index (χ1) is 45.0. The summed E-state index contributed by atoms with van der Waals surface area (Å²) < 4.78 is 0. The molecule has 12 amide bonds. The third-order valence-electron chi connectivity index (χ3n) is 15.4. The first-order valence-electron chi connectivity index (χ1n) is 31.7. The first kappa shape index (κ1) is 78.4. The number of aliphatic hydroxyl groups excluding tert-OH is 1. The molecule has 95 heavy (non-hydrogen) atoms. The van der Waals surface area contributed by atoms with E-state index in [-0.39, 0.29) is 93.0 Å². The van der Waals surface area contributed by atoms with E-state index in [1.54, 1.807) is 44.2 Å². The highest BCUT2D eigenvalue weighted by molar-refractivity contribution is 8.13. The molecule has 0 aliphatic carbocycles. The fourth-order valence-corrected chi connectivity index (χ4v) is 11.1. The highest BCUT2D eigenvalue weighted by Gasteiger charge is 2.40. The Hall–Kier alpha value is -9.00. The van der Waals surface area contributed by atoms with E-state index in [0.29, 0.717) is 17.5 Å². The summed E-state index contributed by atoms with van der Waals surface area (Å²) in [6.45, 7) is 9.94. The van der Waals surface area contributed by atoms with Crippen LogP contribution in [0.25, 0.3) is 0 Å². The Bertz CT molecular complexity index is 3110. The Kier molecular flexibility index (Phi) is 32.7. The number of carbonyl (C=O) groups is 13. The maximum atomic E-state index is 14.6. The molecule has 29 nitrogen and oxygen atoms in total. The number of hydrogen-bond donors (Lipinski definition) is 15. The molecule has 30 heteroatoms. The molecule has 4 rings (SSSR count). The lowest BCUT2D eigenvalue weighted by Gasteiger charge is -2.30. The molecule has 1 saturated heterocycles.